The van der Waals surface area contributed by atoms with Gasteiger partial charge in [-0.1, -0.05) is 54.6 Å². The first kappa shape index (κ1) is 23.1. The molecule has 33 heavy (non-hydrogen) atoms. The van der Waals surface area contributed by atoms with Crippen molar-refractivity contribution in [1.29, 1.82) is 0 Å². The lowest BCUT2D eigenvalue weighted by atomic mass is 10.1. The van der Waals surface area contributed by atoms with E-state index in [1.807, 2.05) is 30.3 Å². The van der Waals surface area contributed by atoms with E-state index in [-0.39, 0.29) is 28.4 Å². The molecule has 3 aromatic carbocycles. The highest BCUT2D eigenvalue weighted by molar-refractivity contribution is 6.06. The molecule has 9 nitrogen and oxygen atoms in total. The van der Waals surface area contributed by atoms with Gasteiger partial charge in [-0.2, -0.15) is 0 Å². The molecule has 3 rings (SSSR count). The van der Waals surface area contributed by atoms with Crippen molar-refractivity contribution in [3.05, 3.63) is 106 Å². The predicted octanol–water partition coefficient (Wildman–Crippen LogP) is 3.66. The fraction of sp³-hybridized carbons (Fsp3) is 0.125. The Labute approximate surface area is 189 Å². The van der Waals surface area contributed by atoms with Gasteiger partial charge in [-0.25, -0.2) is 4.79 Å². The zero-order valence-corrected chi connectivity index (χ0v) is 17.8. The summed E-state index contributed by atoms with van der Waals surface area (Å²) in [6.07, 6.45) is 0. The normalized spacial score (nSPS) is 10.2. The van der Waals surface area contributed by atoms with Crippen molar-refractivity contribution < 1.29 is 24.0 Å². The Kier molecular flexibility index (Phi) is 7.48. The number of carbonyl (C=O) groups excluding carboxylic acids is 3. The van der Waals surface area contributed by atoms with Gasteiger partial charge in [0, 0.05) is 19.7 Å². The maximum Gasteiger partial charge on any atom is 0.339 e. The van der Waals surface area contributed by atoms with Crippen molar-refractivity contribution in [1.82, 2.24) is 4.90 Å². The van der Waals surface area contributed by atoms with Crippen LogP contribution in [0, 0.1) is 10.1 Å². The molecule has 0 heterocycles. The second-order valence-electron chi connectivity index (χ2n) is 7.09. The Morgan fingerprint density at radius 2 is 1.52 bits per heavy atom. The third-order valence-corrected chi connectivity index (χ3v) is 4.70. The van der Waals surface area contributed by atoms with Gasteiger partial charge in [0.1, 0.15) is 5.69 Å². The Hall–Kier alpha value is -4.53. The van der Waals surface area contributed by atoms with Gasteiger partial charge in [0.25, 0.3) is 17.5 Å². The van der Waals surface area contributed by atoms with Crippen molar-refractivity contribution in [3.63, 3.8) is 0 Å². The number of anilines is 1. The summed E-state index contributed by atoms with van der Waals surface area (Å²) in [6, 6.07) is 21.2. The molecule has 9 heteroatoms. The number of esters is 1. The second kappa shape index (κ2) is 10.7. The molecule has 0 bridgehead atoms. The van der Waals surface area contributed by atoms with E-state index in [1.165, 1.54) is 41.3 Å². The maximum absolute atomic E-state index is 12.9. The molecular weight excluding hydrogens is 426 g/mol. The number of nitrogens with one attached hydrogen (secondary N) is 1. The lowest BCUT2D eigenvalue weighted by Gasteiger charge is -2.19. The third kappa shape index (κ3) is 6.01. The van der Waals surface area contributed by atoms with Gasteiger partial charge in [0.2, 0.25) is 0 Å². The summed E-state index contributed by atoms with van der Waals surface area (Å²) in [5.74, 6) is -1.98. The monoisotopic (exact) mass is 447 g/mol. The van der Waals surface area contributed by atoms with E-state index in [0.29, 0.717) is 6.54 Å². The molecular formula is C24H21N3O6. The highest BCUT2D eigenvalue weighted by atomic mass is 16.6. The van der Waals surface area contributed by atoms with Gasteiger partial charge >= 0.3 is 5.97 Å². The van der Waals surface area contributed by atoms with Crippen LogP contribution >= 0.6 is 0 Å². The van der Waals surface area contributed by atoms with Crippen molar-refractivity contribution >= 4 is 29.2 Å². The molecule has 1 N–H and O–H groups in total. The number of rotatable bonds is 8. The summed E-state index contributed by atoms with van der Waals surface area (Å²) in [4.78, 5) is 49.6. The van der Waals surface area contributed by atoms with Gasteiger partial charge in [-0.3, -0.25) is 19.7 Å². The molecule has 2 amide bonds. The Bertz CT molecular complexity index is 1180. The maximum atomic E-state index is 12.9. The van der Waals surface area contributed by atoms with E-state index < -0.39 is 23.4 Å². The number of carbonyl (C=O) groups is 3. The number of nitro benzene ring substituents is 1. The second-order valence-corrected chi connectivity index (χ2v) is 7.09. The first-order valence-corrected chi connectivity index (χ1v) is 9.95. The van der Waals surface area contributed by atoms with E-state index in [2.05, 4.69) is 5.32 Å². The molecule has 0 atom stereocenters. The zero-order chi connectivity index (χ0) is 23.8. The van der Waals surface area contributed by atoms with E-state index in [0.717, 1.165) is 5.56 Å². The van der Waals surface area contributed by atoms with Crippen LogP contribution in [0.1, 0.15) is 26.3 Å². The summed E-state index contributed by atoms with van der Waals surface area (Å²) in [5, 5.41) is 13.4. The molecule has 3 aromatic rings. The molecule has 0 saturated heterocycles. The van der Waals surface area contributed by atoms with E-state index in [9.17, 15) is 24.5 Å². The minimum Gasteiger partial charge on any atom is -0.452 e. The van der Waals surface area contributed by atoms with Gasteiger partial charge in [-0.05, 0) is 23.8 Å². The molecule has 0 fully saturated rings. The van der Waals surface area contributed by atoms with Gasteiger partial charge < -0.3 is 15.0 Å². The topological polar surface area (TPSA) is 119 Å². The van der Waals surface area contributed by atoms with Crippen LogP contribution < -0.4 is 5.32 Å². The zero-order valence-electron chi connectivity index (χ0n) is 17.8. The predicted molar refractivity (Wildman–Crippen MR) is 121 cm³/mol. The molecule has 0 saturated carbocycles. The van der Waals surface area contributed by atoms with Crippen LogP contribution in [0.25, 0.3) is 0 Å². The first-order valence-electron chi connectivity index (χ1n) is 9.95. The van der Waals surface area contributed by atoms with Crippen LogP contribution in [0.3, 0.4) is 0 Å². The number of hydrogen-bond donors (Lipinski definition) is 1. The van der Waals surface area contributed by atoms with Crippen LogP contribution in [0.5, 0.6) is 0 Å². The van der Waals surface area contributed by atoms with Gasteiger partial charge in [0.05, 0.1) is 16.1 Å². The van der Waals surface area contributed by atoms with Crippen LogP contribution in [0.4, 0.5) is 11.4 Å². The number of benzene rings is 3. The fourth-order valence-electron chi connectivity index (χ4n) is 3.12. The standard InChI is InChI=1S/C24H21N3O6/c1-26(15-17-9-3-2-4-10-17)23(29)18-11-5-6-12-19(18)24(30)33-16-22(28)25-20-13-7-8-14-21(20)27(31)32/h2-14H,15-16H2,1H3,(H,25,28). The smallest absolute Gasteiger partial charge is 0.339 e. The Balaban J connectivity index is 1.66. The summed E-state index contributed by atoms with van der Waals surface area (Å²) in [5.41, 5.74) is 0.789. The summed E-state index contributed by atoms with van der Waals surface area (Å²) in [6.45, 7) is -0.325. The highest BCUT2D eigenvalue weighted by Gasteiger charge is 2.22. The summed E-state index contributed by atoms with van der Waals surface area (Å²) >= 11 is 0. The summed E-state index contributed by atoms with van der Waals surface area (Å²) < 4.78 is 5.06. The van der Waals surface area contributed by atoms with Crippen LogP contribution in [0.2, 0.25) is 0 Å². The SMILES string of the molecule is CN(Cc1ccccc1)C(=O)c1ccccc1C(=O)OCC(=O)Nc1ccccc1[N+](=O)[O-]. The highest BCUT2D eigenvalue weighted by Crippen LogP contribution is 2.23. The van der Waals surface area contributed by atoms with Crippen LogP contribution in [-0.4, -0.2) is 41.3 Å². The molecule has 0 spiro atoms. The lowest BCUT2D eigenvalue weighted by Crippen LogP contribution is -2.28. The lowest BCUT2D eigenvalue weighted by molar-refractivity contribution is -0.383. The molecule has 0 unspecified atom stereocenters. The van der Waals surface area contributed by atoms with Crippen molar-refractivity contribution in [2.45, 2.75) is 6.54 Å². The van der Waals surface area contributed by atoms with Gasteiger partial charge in [0.15, 0.2) is 6.61 Å². The van der Waals surface area contributed by atoms with Crippen molar-refractivity contribution in [3.8, 4) is 0 Å². The molecule has 0 aliphatic rings. The Morgan fingerprint density at radius 3 is 2.21 bits per heavy atom. The minimum absolute atomic E-state index is 0.0123. The quantitative estimate of drug-likeness (QED) is 0.320. The number of ether oxygens (including phenoxy) is 1. The third-order valence-electron chi connectivity index (χ3n) is 4.70. The van der Waals surface area contributed by atoms with Gasteiger partial charge in [-0.15, -0.1) is 0 Å². The molecule has 0 aromatic heterocycles. The number of amides is 2. The molecule has 168 valence electrons. The molecule has 0 aliphatic carbocycles. The van der Waals surface area contributed by atoms with E-state index in [4.69, 9.17) is 4.74 Å². The number of hydrogen-bond acceptors (Lipinski definition) is 6. The van der Waals surface area contributed by atoms with E-state index >= 15 is 0 Å². The average Bonchev–Trinajstić information content (AvgIpc) is 2.83. The average molecular weight is 447 g/mol. The first-order chi connectivity index (χ1) is 15.9. The largest absolute Gasteiger partial charge is 0.452 e. The van der Waals surface area contributed by atoms with Crippen LogP contribution in [-0.2, 0) is 16.1 Å². The molecule has 0 radical (unpaired) electrons. The fourth-order valence-corrected chi connectivity index (χ4v) is 3.12. The number of nitrogens with zero attached hydrogens (tertiary/aromatic N) is 2. The minimum atomic E-state index is -0.857. The number of nitro groups is 1. The van der Waals surface area contributed by atoms with Crippen molar-refractivity contribution in [2.75, 3.05) is 19.0 Å². The summed E-state index contributed by atoms with van der Waals surface area (Å²) in [7, 11) is 1.62. The van der Waals surface area contributed by atoms with Crippen molar-refractivity contribution in [2.24, 2.45) is 0 Å². The van der Waals surface area contributed by atoms with Crippen LogP contribution in [0.15, 0.2) is 78.9 Å². The van der Waals surface area contributed by atoms with E-state index in [1.54, 1.807) is 19.2 Å². The Morgan fingerprint density at radius 1 is 0.909 bits per heavy atom. The molecule has 0 aliphatic heterocycles. The number of para-hydroxylation sites is 2.